The summed E-state index contributed by atoms with van der Waals surface area (Å²) in [4.78, 5) is 17.3. The summed E-state index contributed by atoms with van der Waals surface area (Å²) in [6, 6.07) is 3.71. The van der Waals surface area contributed by atoms with Crippen molar-refractivity contribution in [1.82, 2.24) is 4.98 Å². The number of aromatic nitrogens is 1. The molecular formula is C8H8N2O. The summed E-state index contributed by atoms with van der Waals surface area (Å²) in [5, 5.41) is 0. The van der Waals surface area contributed by atoms with Crippen LogP contribution in [0.1, 0.15) is 11.3 Å². The van der Waals surface area contributed by atoms with Crippen LogP contribution in [0.3, 0.4) is 0 Å². The number of hydrogen-bond acceptors (Lipinski definition) is 3. The van der Waals surface area contributed by atoms with Crippen LogP contribution in [0, 0.1) is 6.92 Å². The first-order valence-corrected chi connectivity index (χ1v) is 3.28. The lowest BCUT2D eigenvalue weighted by atomic mass is 10.2. The maximum absolute atomic E-state index is 9.78. The summed E-state index contributed by atoms with van der Waals surface area (Å²) in [5.74, 6) is 0. The molecule has 1 heterocycles. The maximum Gasteiger partial charge on any atom is 0.235 e. The second-order valence-electron chi connectivity index (χ2n) is 2.16. The Bertz CT molecular complexity index is 290. The zero-order chi connectivity index (χ0) is 8.10. The highest BCUT2D eigenvalue weighted by atomic mass is 16.1. The molecule has 3 heteroatoms. The highest BCUT2D eigenvalue weighted by molar-refractivity contribution is 5.34. The number of nitrogens with zero attached hydrogens (tertiary/aromatic N) is 2. The van der Waals surface area contributed by atoms with Crippen molar-refractivity contribution in [1.29, 1.82) is 0 Å². The normalized spacial score (nSPS) is 8.82. The van der Waals surface area contributed by atoms with Crippen LogP contribution < -0.4 is 0 Å². The number of hydrogen-bond donors (Lipinski definition) is 0. The molecule has 0 bridgehead atoms. The molecule has 0 aliphatic rings. The number of rotatable bonds is 2. The zero-order valence-corrected chi connectivity index (χ0v) is 6.24. The Morgan fingerprint density at radius 1 is 1.73 bits per heavy atom. The first kappa shape index (κ1) is 7.63. The van der Waals surface area contributed by atoms with Crippen molar-refractivity contribution >= 4 is 6.08 Å². The standard InChI is InChI=1S/C8H8N2O/c1-7-8(5-9-6-11)3-2-4-10-7/h2-4H,5H2,1H3. The van der Waals surface area contributed by atoms with Crippen molar-refractivity contribution in [3.63, 3.8) is 0 Å². The molecule has 3 nitrogen and oxygen atoms in total. The van der Waals surface area contributed by atoms with Crippen LogP contribution in [-0.4, -0.2) is 11.1 Å². The summed E-state index contributed by atoms with van der Waals surface area (Å²) in [6.45, 7) is 2.26. The first-order chi connectivity index (χ1) is 5.34. The molecule has 0 saturated heterocycles. The molecule has 0 spiro atoms. The van der Waals surface area contributed by atoms with Gasteiger partial charge in [0.1, 0.15) is 0 Å². The largest absolute Gasteiger partial charge is 0.261 e. The van der Waals surface area contributed by atoms with Crippen molar-refractivity contribution < 1.29 is 4.79 Å². The van der Waals surface area contributed by atoms with Gasteiger partial charge in [0.2, 0.25) is 6.08 Å². The Balaban J connectivity index is 2.85. The Morgan fingerprint density at radius 2 is 2.55 bits per heavy atom. The van der Waals surface area contributed by atoms with Gasteiger partial charge >= 0.3 is 0 Å². The molecule has 11 heavy (non-hydrogen) atoms. The smallest absolute Gasteiger partial charge is 0.235 e. The van der Waals surface area contributed by atoms with Gasteiger partial charge in [-0.15, -0.1) is 0 Å². The molecule has 0 aromatic carbocycles. The second kappa shape index (κ2) is 3.64. The first-order valence-electron chi connectivity index (χ1n) is 3.28. The van der Waals surface area contributed by atoms with E-state index in [4.69, 9.17) is 0 Å². The van der Waals surface area contributed by atoms with Crippen LogP contribution in [0.5, 0.6) is 0 Å². The number of pyridine rings is 1. The summed E-state index contributed by atoms with van der Waals surface area (Å²) in [7, 11) is 0. The van der Waals surface area contributed by atoms with Crippen molar-refractivity contribution in [3.05, 3.63) is 29.6 Å². The third kappa shape index (κ3) is 1.99. The third-order valence-electron chi connectivity index (χ3n) is 1.43. The average molecular weight is 148 g/mol. The van der Waals surface area contributed by atoms with E-state index in [2.05, 4.69) is 9.98 Å². The van der Waals surface area contributed by atoms with Gasteiger partial charge < -0.3 is 0 Å². The van der Waals surface area contributed by atoms with E-state index in [-0.39, 0.29) is 0 Å². The minimum absolute atomic E-state index is 0.378. The van der Waals surface area contributed by atoms with Gasteiger partial charge in [-0.1, -0.05) is 6.07 Å². The molecule has 0 saturated carbocycles. The predicted molar refractivity (Wildman–Crippen MR) is 40.8 cm³/mol. The molecule has 1 aromatic heterocycles. The van der Waals surface area contributed by atoms with Gasteiger partial charge in [-0.2, -0.15) is 0 Å². The molecule has 0 unspecified atom stereocenters. The number of isocyanates is 1. The fourth-order valence-electron chi connectivity index (χ4n) is 0.802. The Labute approximate surface area is 64.8 Å². The minimum atomic E-state index is 0.378. The van der Waals surface area contributed by atoms with Crippen molar-refractivity contribution in [2.45, 2.75) is 13.5 Å². The zero-order valence-electron chi connectivity index (χ0n) is 6.24. The van der Waals surface area contributed by atoms with Gasteiger partial charge in [0, 0.05) is 11.9 Å². The van der Waals surface area contributed by atoms with Crippen LogP contribution >= 0.6 is 0 Å². The van der Waals surface area contributed by atoms with Crippen molar-refractivity contribution in [3.8, 4) is 0 Å². The van der Waals surface area contributed by atoms with Crippen LogP contribution in [0.4, 0.5) is 0 Å². The van der Waals surface area contributed by atoms with Gasteiger partial charge in [0.25, 0.3) is 0 Å². The molecule has 0 N–H and O–H groups in total. The van der Waals surface area contributed by atoms with E-state index in [1.165, 1.54) is 6.08 Å². The molecule has 56 valence electrons. The molecule has 1 rings (SSSR count). The lowest BCUT2D eigenvalue weighted by Crippen LogP contribution is -1.88. The van der Waals surface area contributed by atoms with E-state index in [1.54, 1.807) is 6.20 Å². The lowest BCUT2D eigenvalue weighted by Gasteiger charge is -1.97. The summed E-state index contributed by atoms with van der Waals surface area (Å²) >= 11 is 0. The quantitative estimate of drug-likeness (QED) is 0.467. The van der Waals surface area contributed by atoms with Crippen molar-refractivity contribution in [2.75, 3.05) is 0 Å². The molecule has 0 aliphatic carbocycles. The summed E-state index contributed by atoms with van der Waals surface area (Å²) in [5.41, 5.74) is 1.88. The van der Waals surface area contributed by atoms with E-state index in [1.807, 2.05) is 19.1 Å². The highest BCUT2D eigenvalue weighted by Crippen LogP contribution is 2.03. The predicted octanol–water partition coefficient (Wildman–Crippen LogP) is 1.23. The van der Waals surface area contributed by atoms with Crippen LogP contribution in [0.25, 0.3) is 0 Å². The molecular weight excluding hydrogens is 140 g/mol. The maximum atomic E-state index is 9.78. The fraction of sp³-hybridized carbons (Fsp3) is 0.250. The SMILES string of the molecule is Cc1ncccc1CN=C=O. The number of aliphatic imine (C=N–C) groups is 1. The number of carbonyl (C=O) groups excluding carboxylic acids is 1. The molecule has 0 radical (unpaired) electrons. The van der Waals surface area contributed by atoms with E-state index >= 15 is 0 Å². The van der Waals surface area contributed by atoms with E-state index in [9.17, 15) is 4.79 Å². The lowest BCUT2D eigenvalue weighted by molar-refractivity contribution is 0.562. The van der Waals surface area contributed by atoms with E-state index < -0.39 is 0 Å². The number of aryl methyl sites for hydroxylation is 1. The Hall–Kier alpha value is -1.47. The fourth-order valence-corrected chi connectivity index (χ4v) is 0.802. The van der Waals surface area contributed by atoms with Gasteiger partial charge in [-0.05, 0) is 18.6 Å². The summed E-state index contributed by atoms with van der Waals surface area (Å²) < 4.78 is 0. The second-order valence-corrected chi connectivity index (χ2v) is 2.16. The van der Waals surface area contributed by atoms with Gasteiger partial charge in [0.05, 0.1) is 6.54 Å². The van der Waals surface area contributed by atoms with Crippen molar-refractivity contribution in [2.24, 2.45) is 4.99 Å². The molecule has 0 amide bonds. The topological polar surface area (TPSA) is 42.3 Å². The van der Waals surface area contributed by atoms with E-state index in [0.29, 0.717) is 6.54 Å². The summed E-state index contributed by atoms with van der Waals surface area (Å²) in [6.07, 6.45) is 3.20. The Morgan fingerprint density at radius 3 is 3.18 bits per heavy atom. The van der Waals surface area contributed by atoms with E-state index in [0.717, 1.165) is 11.3 Å². The van der Waals surface area contributed by atoms with Crippen LogP contribution in [-0.2, 0) is 11.3 Å². The third-order valence-corrected chi connectivity index (χ3v) is 1.43. The highest BCUT2D eigenvalue weighted by Gasteiger charge is 1.94. The Kier molecular flexibility index (Phi) is 2.53. The van der Waals surface area contributed by atoms with Gasteiger partial charge in [0.15, 0.2) is 0 Å². The van der Waals surface area contributed by atoms with Gasteiger partial charge in [-0.3, -0.25) is 4.98 Å². The monoisotopic (exact) mass is 148 g/mol. The molecule has 0 fully saturated rings. The molecule has 1 aromatic rings. The minimum Gasteiger partial charge on any atom is -0.261 e. The molecule has 0 aliphatic heterocycles. The molecule has 0 atom stereocenters. The van der Waals surface area contributed by atoms with Crippen LogP contribution in [0.2, 0.25) is 0 Å². The van der Waals surface area contributed by atoms with Crippen LogP contribution in [0.15, 0.2) is 23.3 Å². The van der Waals surface area contributed by atoms with Gasteiger partial charge in [-0.25, -0.2) is 9.79 Å². The average Bonchev–Trinajstić information content (AvgIpc) is 2.03.